The Morgan fingerprint density at radius 1 is 1.25 bits per heavy atom. The highest BCUT2D eigenvalue weighted by Crippen LogP contribution is 2.30. The smallest absolute Gasteiger partial charge is 0.257 e. The maximum atomic E-state index is 11.7. The number of para-hydroxylation sites is 1. The van der Waals surface area contributed by atoms with Gasteiger partial charge in [0.2, 0.25) is 0 Å². The molecule has 0 saturated carbocycles. The number of ether oxygens (including phenoxy) is 2. The van der Waals surface area contributed by atoms with Crippen LogP contribution in [-0.4, -0.2) is 32.8 Å². The van der Waals surface area contributed by atoms with Crippen molar-refractivity contribution in [3.05, 3.63) is 29.8 Å². The van der Waals surface area contributed by atoms with Crippen molar-refractivity contribution in [2.75, 3.05) is 26.9 Å². The Morgan fingerprint density at radius 2 is 1.95 bits per heavy atom. The molecule has 0 unspecified atom stereocenters. The first-order valence-electron chi connectivity index (χ1n) is 6.93. The first-order valence-corrected chi connectivity index (χ1v) is 6.93. The molecule has 0 bridgehead atoms. The second kappa shape index (κ2) is 7.90. The SMILES string of the molecule is COCCCNC(=O)COc1ccccc1C(C)(C)C. The quantitative estimate of drug-likeness (QED) is 0.780. The van der Waals surface area contributed by atoms with Crippen molar-refractivity contribution in [3.63, 3.8) is 0 Å². The molecule has 112 valence electrons. The van der Waals surface area contributed by atoms with Crippen LogP contribution in [0.1, 0.15) is 32.8 Å². The van der Waals surface area contributed by atoms with Crippen molar-refractivity contribution < 1.29 is 14.3 Å². The first-order chi connectivity index (χ1) is 9.45. The molecular formula is C16H25NO3. The van der Waals surface area contributed by atoms with Crippen molar-refractivity contribution in [1.82, 2.24) is 5.32 Å². The minimum atomic E-state index is -0.107. The summed E-state index contributed by atoms with van der Waals surface area (Å²) in [6.07, 6.45) is 0.806. The van der Waals surface area contributed by atoms with Crippen LogP contribution in [-0.2, 0) is 14.9 Å². The summed E-state index contributed by atoms with van der Waals surface area (Å²) in [5.74, 6) is 0.664. The second-order valence-corrected chi connectivity index (χ2v) is 5.73. The summed E-state index contributed by atoms with van der Waals surface area (Å²) in [5.41, 5.74) is 1.10. The van der Waals surface area contributed by atoms with E-state index in [-0.39, 0.29) is 17.9 Å². The molecule has 0 aliphatic carbocycles. The van der Waals surface area contributed by atoms with Gasteiger partial charge in [-0.3, -0.25) is 4.79 Å². The van der Waals surface area contributed by atoms with E-state index >= 15 is 0 Å². The number of amides is 1. The van der Waals surface area contributed by atoms with Crippen molar-refractivity contribution in [1.29, 1.82) is 0 Å². The number of methoxy groups -OCH3 is 1. The molecule has 0 atom stereocenters. The molecule has 1 N–H and O–H groups in total. The number of carbonyl (C=O) groups excluding carboxylic acids is 1. The Hall–Kier alpha value is -1.55. The van der Waals surface area contributed by atoms with E-state index in [4.69, 9.17) is 9.47 Å². The van der Waals surface area contributed by atoms with Gasteiger partial charge in [-0.1, -0.05) is 39.0 Å². The molecule has 0 aliphatic rings. The van der Waals surface area contributed by atoms with E-state index in [1.165, 1.54) is 0 Å². The lowest BCUT2D eigenvalue weighted by Crippen LogP contribution is -2.30. The number of benzene rings is 1. The summed E-state index contributed by atoms with van der Waals surface area (Å²) in [6, 6.07) is 7.84. The third-order valence-corrected chi connectivity index (χ3v) is 2.90. The third kappa shape index (κ3) is 5.61. The van der Waals surface area contributed by atoms with Gasteiger partial charge in [0, 0.05) is 20.3 Å². The zero-order valence-corrected chi connectivity index (χ0v) is 12.9. The fourth-order valence-electron chi connectivity index (χ4n) is 1.85. The Kier molecular flexibility index (Phi) is 6.52. The van der Waals surface area contributed by atoms with Crippen molar-refractivity contribution in [2.24, 2.45) is 0 Å². The summed E-state index contributed by atoms with van der Waals surface area (Å²) < 4.78 is 10.6. The minimum Gasteiger partial charge on any atom is -0.483 e. The predicted molar refractivity (Wildman–Crippen MR) is 80.1 cm³/mol. The van der Waals surface area contributed by atoms with Crippen molar-refractivity contribution in [2.45, 2.75) is 32.6 Å². The lowest BCUT2D eigenvalue weighted by Gasteiger charge is -2.22. The van der Waals surface area contributed by atoms with Crippen molar-refractivity contribution >= 4 is 5.91 Å². The fraction of sp³-hybridized carbons (Fsp3) is 0.562. The lowest BCUT2D eigenvalue weighted by molar-refractivity contribution is -0.123. The Bertz CT molecular complexity index is 424. The molecule has 20 heavy (non-hydrogen) atoms. The first kappa shape index (κ1) is 16.5. The van der Waals surface area contributed by atoms with E-state index in [0.717, 1.165) is 17.7 Å². The molecule has 0 aromatic heterocycles. The highest BCUT2D eigenvalue weighted by Gasteiger charge is 2.18. The maximum Gasteiger partial charge on any atom is 0.257 e. The molecule has 0 aliphatic heterocycles. The number of hydrogen-bond acceptors (Lipinski definition) is 3. The summed E-state index contributed by atoms with van der Waals surface area (Å²) in [6.45, 7) is 7.67. The molecule has 1 amide bonds. The van der Waals surface area contributed by atoms with Crippen LogP contribution in [0.15, 0.2) is 24.3 Å². The van der Waals surface area contributed by atoms with Crippen LogP contribution >= 0.6 is 0 Å². The molecule has 0 spiro atoms. The molecule has 4 heteroatoms. The second-order valence-electron chi connectivity index (χ2n) is 5.73. The number of carbonyl (C=O) groups is 1. The average molecular weight is 279 g/mol. The van der Waals surface area contributed by atoms with Gasteiger partial charge < -0.3 is 14.8 Å². The van der Waals surface area contributed by atoms with Crippen LogP contribution in [0.5, 0.6) is 5.75 Å². The number of rotatable bonds is 7. The van der Waals surface area contributed by atoms with Gasteiger partial charge in [0.05, 0.1) is 0 Å². The van der Waals surface area contributed by atoms with E-state index < -0.39 is 0 Å². The van der Waals surface area contributed by atoms with Gasteiger partial charge in [-0.25, -0.2) is 0 Å². The van der Waals surface area contributed by atoms with Gasteiger partial charge in [0.1, 0.15) is 5.75 Å². The zero-order valence-electron chi connectivity index (χ0n) is 12.9. The number of nitrogens with one attached hydrogen (secondary N) is 1. The summed E-state index contributed by atoms with van der Waals surface area (Å²) in [5, 5.41) is 2.80. The summed E-state index contributed by atoms with van der Waals surface area (Å²) >= 11 is 0. The van der Waals surface area contributed by atoms with Gasteiger partial charge in [-0.2, -0.15) is 0 Å². The third-order valence-electron chi connectivity index (χ3n) is 2.90. The summed E-state index contributed by atoms with van der Waals surface area (Å²) in [4.78, 5) is 11.7. The number of hydrogen-bond donors (Lipinski definition) is 1. The molecule has 0 fully saturated rings. The van der Waals surface area contributed by atoms with E-state index in [1.807, 2.05) is 24.3 Å². The van der Waals surface area contributed by atoms with Crippen LogP contribution in [0.2, 0.25) is 0 Å². The molecular weight excluding hydrogens is 254 g/mol. The van der Waals surface area contributed by atoms with Crippen molar-refractivity contribution in [3.8, 4) is 5.75 Å². The van der Waals surface area contributed by atoms with Gasteiger partial charge in [0.15, 0.2) is 6.61 Å². The van der Waals surface area contributed by atoms with E-state index in [1.54, 1.807) is 7.11 Å². The van der Waals surface area contributed by atoms with E-state index in [0.29, 0.717) is 13.2 Å². The fourth-order valence-corrected chi connectivity index (χ4v) is 1.85. The molecule has 0 radical (unpaired) electrons. The Balaban J connectivity index is 2.48. The van der Waals surface area contributed by atoms with Crippen LogP contribution in [0, 0.1) is 0 Å². The molecule has 0 heterocycles. The molecule has 1 aromatic rings. The van der Waals surface area contributed by atoms with Gasteiger partial charge in [-0.05, 0) is 23.5 Å². The van der Waals surface area contributed by atoms with E-state index in [9.17, 15) is 4.79 Å². The predicted octanol–water partition coefficient (Wildman–Crippen LogP) is 2.52. The normalized spacial score (nSPS) is 11.2. The van der Waals surface area contributed by atoms with Crippen LogP contribution in [0.3, 0.4) is 0 Å². The largest absolute Gasteiger partial charge is 0.483 e. The Labute approximate surface area is 121 Å². The maximum absolute atomic E-state index is 11.7. The molecule has 1 rings (SSSR count). The van der Waals surface area contributed by atoms with Crippen LogP contribution < -0.4 is 10.1 Å². The lowest BCUT2D eigenvalue weighted by atomic mass is 9.86. The minimum absolute atomic E-state index is 0.00840. The zero-order chi connectivity index (χ0) is 15.0. The monoisotopic (exact) mass is 279 g/mol. The highest BCUT2D eigenvalue weighted by molar-refractivity contribution is 5.77. The van der Waals surface area contributed by atoms with Gasteiger partial charge in [0.25, 0.3) is 5.91 Å². The molecule has 1 aromatic carbocycles. The van der Waals surface area contributed by atoms with Gasteiger partial charge >= 0.3 is 0 Å². The Morgan fingerprint density at radius 3 is 2.60 bits per heavy atom. The standard InChI is InChI=1S/C16H25NO3/c1-16(2,3)13-8-5-6-9-14(13)20-12-15(18)17-10-7-11-19-4/h5-6,8-9H,7,10-12H2,1-4H3,(H,17,18). The van der Waals surface area contributed by atoms with E-state index in [2.05, 4.69) is 26.1 Å². The molecule has 0 saturated heterocycles. The van der Waals surface area contributed by atoms with Gasteiger partial charge in [-0.15, -0.1) is 0 Å². The van der Waals surface area contributed by atoms with Crippen LogP contribution in [0.4, 0.5) is 0 Å². The summed E-state index contributed by atoms with van der Waals surface area (Å²) in [7, 11) is 1.65. The van der Waals surface area contributed by atoms with Crippen LogP contribution in [0.25, 0.3) is 0 Å². The topological polar surface area (TPSA) is 47.6 Å². The highest BCUT2D eigenvalue weighted by atomic mass is 16.5. The average Bonchev–Trinajstić information content (AvgIpc) is 2.40. The molecule has 4 nitrogen and oxygen atoms in total.